The van der Waals surface area contributed by atoms with Gasteiger partial charge in [-0.15, -0.1) is 0 Å². The maximum Gasteiger partial charge on any atom is 0.303 e. The molecule has 82 valence electrons. The number of carboxylic acid groups (broad SMARTS) is 1. The molecule has 0 saturated heterocycles. The lowest BCUT2D eigenvalue weighted by Gasteiger charge is -2.03. The Kier molecular flexibility index (Phi) is 3.71. The topological polar surface area (TPSA) is 37.3 Å². The van der Waals surface area contributed by atoms with Gasteiger partial charge in [0.25, 0.3) is 0 Å². The first kappa shape index (κ1) is 11.6. The van der Waals surface area contributed by atoms with Crippen LogP contribution in [0.25, 0.3) is 0 Å². The zero-order valence-electron chi connectivity index (χ0n) is 7.77. The molecule has 1 N–H and O–H groups in total. The SMILES string of the molecule is O=C(O)CCCc1c(F)cc(F)cc1F. The van der Waals surface area contributed by atoms with Crippen LogP contribution in [-0.2, 0) is 11.2 Å². The van der Waals surface area contributed by atoms with Crippen LogP contribution < -0.4 is 0 Å². The molecule has 1 rings (SSSR count). The molecule has 0 atom stereocenters. The first-order valence-corrected chi connectivity index (χ1v) is 4.36. The summed E-state index contributed by atoms with van der Waals surface area (Å²) in [6, 6.07) is 1.17. The van der Waals surface area contributed by atoms with Gasteiger partial charge >= 0.3 is 5.97 Å². The van der Waals surface area contributed by atoms with Crippen LogP contribution in [0.2, 0.25) is 0 Å². The lowest BCUT2D eigenvalue weighted by molar-refractivity contribution is -0.137. The summed E-state index contributed by atoms with van der Waals surface area (Å²) in [6.45, 7) is 0. The average Bonchev–Trinajstić information content (AvgIpc) is 2.08. The third-order valence-corrected chi connectivity index (χ3v) is 1.92. The first-order valence-electron chi connectivity index (χ1n) is 4.36. The van der Waals surface area contributed by atoms with E-state index < -0.39 is 23.4 Å². The maximum absolute atomic E-state index is 13.0. The van der Waals surface area contributed by atoms with Gasteiger partial charge in [-0.25, -0.2) is 13.2 Å². The predicted octanol–water partition coefficient (Wildman–Crippen LogP) is 2.51. The summed E-state index contributed by atoms with van der Waals surface area (Å²) in [4.78, 5) is 10.2. The van der Waals surface area contributed by atoms with E-state index in [1.165, 1.54) is 0 Å². The molecular formula is C10H9F3O2. The number of aliphatic carboxylic acids is 1. The van der Waals surface area contributed by atoms with Crippen molar-refractivity contribution in [1.82, 2.24) is 0 Å². The van der Waals surface area contributed by atoms with E-state index in [9.17, 15) is 18.0 Å². The van der Waals surface area contributed by atoms with Crippen molar-refractivity contribution in [2.24, 2.45) is 0 Å². The van der Waals surface area contributed by atoms with Gasteiger partial charge in [-0.05, 0) is 12.8 Å². The average molecular weight is 218 g/mol. The summed E-state index contributed by atoms with van der Waals surface area (Å²) in [7, 11) is 0. The Morgan fingerprint density at radius 1 is 1.20 bits per heavy atom. The number of benzene rings is 1. The quantitative estimate of drug-likeness (QED) is 0.843. The van der Waals surface area contributed by atoms with Crippen LogP contribution in [0.5, 0.6) is 0 Å². The molecule has 0 aliphatic carbocycles. The Morgan fingerprint density at radius 2 is 1.73 bits per heavy atom. The van der Waals surface area contributed by atoms with Gasteiger partial charge in [0, 0.05) is 24.1 Å². The molecule has 15 heavy (non-hydrogen) atoms. The van der Waals surface area contributed by atoms with Crippen LogP contribution >= 0.6 is 0 Å². The summed E-state index contributed by atoms with van der Waals surface area (Å²) in [5.74, 6) is -3.96. The second-order valence-corrected chi connectivity index (χ2v) is 3.10. The highest BCUT2D eigenvalue weighted by atomic mass is 19.1. The van der Waals surface area contributed by atoms with E-state index in [1.807, 2.05) is 0 Å². The second-order valence-electron chi connectivity index (χ2n) is 3.10. The molecule has 5 heteroatoms. The Bertz CT molecular complexity index is 354. The van der Waals surface area contributed by atoms with Crippen molar-refractivity contribution < 1.29 is 23.1 Å². The summed E-state index contributed by atoms with van der Waals surface area (Å²) in [6.07, 6.45) is -0.102. The zero-order chi connectivity index (χ0) is 11.4. The van der Waals surface area contributed by atoms with Gasteiger partial charge in [-0.2, -0.15) is 0 Å². The van der Waals surface area contributed by atoms with Crippen molar-refractivity contribution in [2.75, 3.05) is 0 Å². The van der Waals surface area contributed by atoms with E-state index in [4.69, 9.17) is 5.11 Å². The molecule has 0 bridgehead atoms. The summed E-state index contributed by atoms with van der Waals surface area (Å²) in [5.41, 5.74) is -0.266. The number of hydrogen-bond acceptors (Lipinski definition) is 1. The molecule has 1 aromatic carbocycles. The molecule has 0 aromatic heterocycles. The number of rotatable bonds is 4. The van der Waals surface area contributed by atoms with Gasteiger partial charge in [-0.1, -0.05) is 0 Å². The van der Waals surface area contributed by atoms with Crippen molar-refractivity contribution in [1.29, 1.82) is 0 Å². The second kappa shape index (κ2) is 4.82. The van der Waals surface area contributed by atoms with Gasteiger partial charge in [0.2, 0.25) is 0 Å². The van der Waals surface area contributed by atoms with Crippen LogP contribution in [-0.4, -0.2) is 11.1 Å². The van der Waals surface area contributed by atoms with Crippen LogP contribution in [0.1, 0.15) is 18.4 Å². The fourth-order valence-corrected chi connectivity index (χ4v) is 1.23. The van der Waals surface area contributed by atoms with Gasteiger partial charge in [0.1, 0.15) is 17.5 Å². The largest absolute Gasteiger partial charge is 0.481 e. The lowest BCUT2D eigenvalue weighted by atomic mass is 10.1. The van der Waals surface area contributed by atoms with Crippen LogP contribution in [0, 0.1) is 17.5 Å². The van der Waals surface area contributed by atoms with Crippen LogP contribution in [0.15, 0.2) is 12.1 Å². The van der Waals surface area contributed by atoms with Crippen molar-refractivity contribution in [3.63, 3.8) is 0 Å². The number of carbonyl (C=O) groups is 1. The van der Waals surface area contributed by atoms with Crippen molar-refractivity contribution in [3.8, 4) is 0 Å². The molecule has 0 heterocycles. The summed E-state index contributed by atoms with van der Waals surface area (Å²) < 4.78 is 38.5. The predicted molar refractivity (Wildman–Crippen MR) is 46.9 cm³/mol. The summed E-state index contributed by atoms with van der Waals surface area (Å²) >= 11 is 0. The summed E-state index contributed by atoms with van der Waals surface area (Å²) in [5, 5.41) is 8.33. The molecule has 0 fully saturated rings. The molecular weight excluding hydrogens is 209 g/mol. The fourth-order valence-electron chi connectivity index (χ4n) is 1.23. The normalized spacial score (nSPS) is 10.3. The Balaban J connectivity index is 2.72. The van der Waals surface area contributed by atoms with Gasteiger partial charge in [0.15, 0.2) is 0 Å². The highest BCUT2D eigenvalue weighted by Crippen LogP contribution is 2.16. The standard InChI is InChI=1S/C10H9F3O2/c11-6-4-8(12)7(9(13)5-6)2-1-3-10(14)15/h4-5H,1-3H2,(H,14,15). The highest BCUT2D eigenvalue weighted by molar-refractivity contribution is 5.66. The number of hydrogen-bond donors (Lipinski definition) is 1. The third kappa shape index (κ3) is 3.27. The van der Waals surface area contributed by atoms with Crippen LogP contribution in [0.3, 0.4) is 0 Å². The smallest absolute Gasteiger partial charge is 0.303 e. The molecule has 0 saturated carbocycles. The van der Waals surface area contributed by atoms with Gasteiger partial charge in [0.05, 0.1) is 0 Å². The highest BCUT2D eigenvalue weighted by Gasteiger charge is 2.11. The third-order valence-electron chi connectivity index (χ3n) is 1.92. The van der Waals surface area contributed by atoms with E-state index >= 15 is 0 Å². The van der Waals surface area contributed by atoms with E-state index in [0.717, 1.165) is 0 Å². The minimum atomic E-state index is -1.03. The van der Waals surface area contributed by atoms with Crippen molar-refractivity contribution in [3.05, 3.63) is 35.1 Å². The van der Waals surface area contributed by atoms with Gasteiger partial charge < -0.3 is 5.11 Å². The van der Waals surface area contributed by atoms with Gasteiger partial charge in [-0.3, -0.25) is 4.79 Å². The van der Waals surface area contributed by atoms with E-state index in [1.54, 1.807) is 0 Å². The molecule has 1 aromatic rings. The molecule has 0 aliphatic heterocycles. The Labute approximate surface area is 84.3 Å². The zero-order valence-corrected chi connectivity index (χ0v) is 7.77. The van der Waals surface area contributed by atoms with Crippen molar-refractivity contribution in [2.45, 2.75) is 19.3 Å². The van der Waals surface area contributed by atoms with Crippen LogP contribution in [0.4, 0.5) is 13.2 Å². The lowest BCUT2D eigenvalue weighted by Crippen LogP contribution is -2.00. The molecule has 0 aliphatic rings. The number of halogens is 3. The minimum absolute atomic E-state index is 0.0513. The number of carboxylic acids is 1. The molecule has 2 nitrogen and oxygen atoms in total. The van der Waals surface area contributed by atoms with E-state index in [2.05, 4.69) is 0 Å². The first-order chi connectivity index (χ1) is 7.00. The Hall–Kier alpha value is -1.52. The van der Waals surface area contributed by atoms with Crippen molar-refractivity contribution >= 4 is 5.97 Å². The molecule has 0 spiro atoms. The molecule has 0 amide bonds. The minimum Gasteiger partial charge on any atom is -0.481 e. The van der Waals surface area contributed by atoms with E-state index in [-0.39, 0.29) is 24.8 Å². The molecule has 0 radical (unpaired) electrons. The molecule has 0 unspecified atom stereocenters. The maximum atomic E-state index is 13.0. The van der Waals surface area contributed by atoms with E-state index in [0.29, 0.717) is 12.1 Å². The fraction of sp³-hybridized carbons (Fsp3) is 0.300. The monoisotopic (exact) mass is 218 g/mol. The Morgan fingerprint density at radius 3 is 2.20 bits per heavy atom.